The predicted molar refractivity (Wildman–Crippen MR) is 111 cm³/mol. The van der Waals surface area contributed by atoms with Crippen LogP contribution < -0.4 is 10.9 Å². The average Bonchev–Trinajstić information content (AvgIpc) is 3.20. The molecule has 7 nitrogen and oxygen atoms in total. The summed E-state index contributed by atoms with van der Waals surface area (Å²) in [6, 6.07) is 4.71. The third kappa shape index (κ3) is 5.02. The first-order valence-electron chi connectivity index (χ1n) is 10.5. The normalized spacial score (nSPS) is 13.9. The van der Waals surface area contributed by atoms with Crippen molar-refractivity contribution >= 4 is 22.8 Å². The number of ether oxygens (including phenoxy) is 1. The molecule has 2 heterocycles. The van der Waals surface area contributed by atoms with Crippen LogP contribution >= 0.6 is 0 Å². The van der Waals surface area contributed by atoms with E-state index in [1.807, 2.05) is 0 Å². The maximum atomic E-state index is 12.5. The molecule has 0 unspecified atom stereocenters. The van der Waals surface area contributed by atoms with Crippen LogP contribution in [-0.4, -0.2) is 34.6 Å². The smallest absolute Gasteiger partial charge is 0.338 e. The summed E-state index contributed by atoms with van der Waals surface area (Å²) in [7, 11) is 0. The van der Waals surface area contributed by atoms with E-state index in [0.717, 1.165) is 44.3 Å². The van der Waals surface area contributed by atoms with Crippen molar-refractivity contribution in [1.29, 1.82) is 0 Å². The largest absolute Gasteiger partial charge is 0.452 e. The Morgan fingerprint density at radius 1 is 1.31 bits per heavy atom. The molecule has 0 radical (unpaired) electrons. The summed E-state index contributed by atoms with van der Waals surface area (Å²) >= 11 is 0. The lowest BCUT2D eigenvalue weighted by Crippen LogP contribution is -2.32. The molecule has 0 saturated heterocycles. The minimum absolute atomic E-state index is 0.0738. The van der Waals surface area contributed by atoms with Crippen LogP contribution in [0.5, 0.6) is 0 Å². The van der Waals surface area contributed by atoms with Gasteiger partial charge in [0, 0.05) is 19.5 Å². The van der Waals surface area contributed by atoms with Crippen molar-refractivity contribution in [2.24, 2.45) is 5.92 Å². The van der Waals surface area contributed by atoms with Crippen LogP contribution in [0.4, 0.5) is 0 Å². The molecule has 7 heteroatoms. The van der Waals surface area contributed by atoms with Crippen molar-refractivity contribution in [1.82, 2.24) is 14.9 Å². The fraction of sp³-hybridized carbons (Fsp3) is 0.545. The molecular formula is C22H29N3O4. The van der Waals surface area contributed by atoms with E-state index in [-0.39, 0.29) is 23.6 Å². The van der Waals surface area contributed by atoms with E-state index >= 15 is 0 Å². The quantitative estimate of drug-likeness (QED) is 0.655. The van der Waals surface area contributed by atoms with Gasteiger partial charge in [0.1, 0.15) is 5.82 Å². The molecule has 1 aromatic heterocycles. The fourth-order valence-electron chi connectivity index (χ4n) is 3.68. The van der Waals surface area contributed by atoms with Crippen LogP contribution in [0.2, 0.25) is 0 Å². The zero-order valence-electron chi connectivity index (χ0n) is 17.2. The highest BCUT2D eigenvalue weighted by Crippen LogP contribution is 2.17. The van der Waals surface area contributed by atoms with Gasteiger partial charge in [-0.05, 0) is 37.0 Å². The van der Waals surface area contributed by atoms with E-state index in [4.69, 9.17) is 4.74 Å². The minimum Gasteiger partial charge on any atom is -0.452 e. The number of rotatable bonds is 9. The lowest BCUT2D eigenvalue weighted by Gasteiger charge is -2.15. The molecule has 2 aromatic rings. The van der Waals surface area contributed by atoms with E-state index in [1.165, 1.54) is 0 Å². The van der Waals surface area contributed by atoms with E-state index in [9.17, 15) is 14.4 Å². The summed E-state index contributed by atoms with van der Waals surface area (Å²) < 4.78 is 6.84. The van der Waals surface area contributed by atoms with Gasteiger partial charge in [-0.2, -0.15) is 0 Å². The first-order chi connectivity index (χ1) is 14.0. The summed E-state index contributed by atoms with van der Waals surface area (Å²) in [5, 5.41) is 3.33. The first kappa shape index (κ1) is 21.0. The van der Waals surface area contributed by atoms with Crippen LogP contribution in [0.1, 0.15) is 62.1 Å². The van der Waals surface area contributed by atoms with Crippen molar-refractivity contribution in [2.45, 2.75) is 58.9 Å². The van der Waals surface area contributed by atoms with Gasteiger partial charge in [0.05, 0.1) is 16.5 Å². The van der Waals surface area contributed by atoms with Gasteiger partial charge in [0.15, 0.2) is 6.61 Å². The van der Waals surface area contributed by atoms with Crippen molar-refractivity contribution in [2.75, 3.05) is 13.2 Å². The average molecular weight is 399 g/mol. The first-order valence-corrected chi connectivity index (χ1v) is 10.5. The lowest BCUT2D eigenvalue weighted by atomic mass is 9.99. The monoisotopic (exact) mass is 399 g/mol. The summed E-state index contributed by atoms with van der Waals surface area (Å²) in [5.41, 5.74) is 0.702. The summed E-state index contributed by atoms with van der Waals surface area (Å²) in [4.78, 5) is 41.3. The molecule has 0 fully saturated rings. The van der Waals surface area contributed by atoms with Crippen molar-refractivity contribution in [3.8, 4) is 0 Å². The number of unbranched alkanes of at least 4 members (excludes halogenated alkanes) is 1. The SMILES string of the molecule is CCCC[C@@H](CC)CNC(=O)COC(=O)c1ccc2c(=O)n3c(nc2c1)CCC3. The van der Waals surface area contributed by atoms with Gasteiger partial charge in [0.2, 0.25) is 0 Å². The Hall–Kier alpha value is -2.70. The second kappa shape index (κ2) is 9.67. The predicted octanol–water partition coefficient (Wildman–Crippen LogP) is 2.83. The van der Waals surface area contributed by atoms with Crippen LogP contribution in [0, 0.1) is 5.92 Å². The highest BCUT2D eigenvalue weighted by molar-refractivity contribution is 5.95. The van der Waals surface area contributed by atoms with E-state index < -0.39 is 5.97 Å². The fourth-order valence-corrected chi connectivity index (χ4v) is 3.68. The van der Waals surface area contributed by atoms with Crippen LogP contribution in [0.15, 0.2) is 23.0 Å². The van der Waals surface area contributed by atoms with Gasteiger partial charge in [0.25, 0.3) is 11.5 Å². The molecular weight excluding hydrogens is 370 g/mol. The van der Waals surface area contributed by atoms with E-state index in [2.05, 4.69) is 24.1 Å². The number of nitrogens with zero attached hydrogens (tertiary/aromatic N) is 2. The number of benzene rings is 1. The number of nitrogens with one attached hydrogen (secondary N) is 1. The van der Waals surface area contributed by atoms with Crippen molar-refractivity contribution in [3.05, 3.63) is 39.9 Å². The van der Waals surface area contributed by atoms with Gasteiger partial charge in [-0.25, -0.2) is 9.78 Å². The number of hydrogen-bond acceptors (Lipinski definition) is 5. The molecule has 0 saturated carbocycles. The number of amides is 1. The molecule has 1 atom stereocenters. The third-order valence-corrected chi connectivity index (χ3v) is 5.52. The van der Waals surface area contributed by atoms with Crippen molar-refractivity contribution < 1.29 is 14.3 Å². The second-order valence-electron chi connectivity index (χ2n) is 7.62. The van der Waals surface area contributed by atoms with Crippen LogP contribution in [0.25, 0.3) is 10.9 Å². The van der Waals surface area contributed by atoms with Gasteiger partial charge in [-0.15, -0.1) is 0 Å². The molecule has 29 heavy (non-hydrogen) atoms. The number of carbonyl (C=O) groups excluding carboxylic acids is 2. The Kier molecular flexibility index (Phi) is 7.01. The molecule has 156 valence electrons. The van der Waals surface area contributed by atoms with Gasteiger partial charge in [-0.1, -0.05) is 33.1 Å². The molecule has 1 amide bonds. The molecule has 1 aliphatic rings. The molecule has 3 rings (SSSR count). The molecule has 0 spiro atoms. The molecule has 1 aromatic carbocycles. The Balaban J connectivity index is 1.58. The second-order valence-corrected chi connectivity index (χ2v) is 7.62. The van der Waals surface area contributed by atoms with Gasteiger partial charge in [-0.3, -0.25) is 14.2 Å². The van der Waals surface area contributed by atoms with Crippen molar-refractivity contribution in [3.63, 3.8) is 0 Å². The minimum atomic E-state index is -0.595. The Bertz CT molecular complexity index is 951. The number of fused-ring (bicyclic) bond motifs is 2. The highest BCUT2D eigenvalue weighted by Gasteiger charge is 2.18. The topological polar surface area (TPSA) is 90.3 Å². The molecule has 1 N–H and O–H groups in total. The zero-order chi connectivity index (χ0) is 20.8. The summed E-state index contributed by atoms with van der Waals surface area (Å²) in [6.45, 7) is 5.23. The number of carbonyl (C=O) groups is 2. The highest BCUT2D eigenvalue weighted by atomic mass is 16.5. The van der Waals surface area contributed by atoms with E-state index in [1.54, 1.807) is 22.8 Å². The lowest BCUT2D eigenvalue weighted by molar-refractivity contribution is -0.124. The Labute approximate surface area is 170 Å². The Morgan fingerprint density at radius 2 is 2.14 bits per heavy atom. The zero-order valence-corrected chi connectivity index (χ0v) is 17.2. The van der Waals surface area contributed by atoms with Gasteiger partial charge < -0.3 is 10.1 Å². The van der Waals surface area contributed by atoms with Crippen LogP contribution in [-0.2, 0) is 22.5 Å². The molecule has 0 bridgehead atoms. The number of aryl methyl sites for hydroxylation is 1. The number of aromatic nitrogens is 2. The number of hydrogen-bond donors (Lipinski definition) is 1. The van der Waals surface area contributed by atoms with Crippen LogP contribution in [0.3, 0.4) is 0 Å². The summed E-state index contributed by atoms with van der Waals surface area (Å²) in [6.07, 6.45) is 6.04. The standard InChI is InChI=1S/C22H29N3O4/c1-3-5-7-15(4-2)13-23-20(26)14-29-22(28)16-9-10-17-18(12-16)24-19-8-6-11-25(19)21(17)27/h9-10,12,15H,3-8,11,13-14H2,1-2H3,(H,23,26)/t15-/m1/s1. The van der Waals surface area contributed by atoms with E-state index in [0.29, 0.717) is 29.9 Å². The number of esters is 1. The molecule has 1 aliphatic heterocycles. The summed E-state index contributed by atoms with van der Waals surface area (Å²) in [5.74, 6) is 0.300. The maximum Gasteiger partial charge on any atom is 0.338 e. The third-order valence-electron chi connectivity index (χ3n) is 5.52. The van der Waals surface area contributed by atoms with Gasteiger partial charge >= 0.3 is 5.97 Å². The maximum absolute atomic E-state index is 12.5. The Morgan fingerprint density at radius 3 is 2.90 bits per heavy atom. The molecule has 0 aliphatic carbocycles.